The van der Waals surface area contributed by atoms with E-state index < -0.39 is 12.1 Å². The van der Waals surface area contributed by atoms with Gasteiger partial charge in [-0.1, -0.05) is 78.9 Å². The number of ether oxygens (including phenoxy) is 1. The highest BCUT2D eigenvalue weighted by Gasteiger charge is 2.17. The summed E-state index contributed by atoms with van der Waals surface area (Å²) >= 11 is 0. The lowest BCUT2D eigenvalue weighted by Crippen LogP contribution is -2.38. The van der Waals surface area contributed by atoms with Crippen molar-refractivity contribution in [1.29, 1.82) is 0 Å². The average molecular weight is 374 g/mol. The van der Waals surface area contributed by atoms with Crippen molar-refractivity contribution < 1.29 is 14.3 Å². The summed E-state index contributed by atoms with van der Waals surface area (Å²) in [5.41, 5.74) is 2.36. The van der Waals surface area contributed by atoms with Crippen LogP contribution in [0.25, 0.3) is 0 Å². The Hall–Kier alpha value is -3.60. The molecule has 2 N–H and O–H groups in total. The molecule has 0 aliphatic rings. The van der Waals surface area contributed by atoms with Gasteiger partial charge in [0.05, 0.1) is 6.04 Å². The molecule has 2 amide bonds. The molecule has 0 bridgehead atoms. The van der Waals surface area contributed by atoms with Gasteiger partial charge >= 0.3 is 6.09 Å². The molecule has 1 unspecified atom stereocenters. The minimum Gasteiger partial charge on any atom is -0.445 e. The number of carbonyl (C=O) groups is 2. The first-order chi connectivity index (χ1) is 13.7. The maximum atomic E-state index is 12.3. The normalized spacial score (nSPS) is 11.3. The smallest absolute Gasteiger partial charge is 0.408 e. The second-order valence-corrected chi connectivity index (χ2v) is 6.25. The Morgan fingerprint density at radius 1 is 0.786 bits per heavy atom. The second kappa shape index (κ2) is 9.92. The van der Waals surface area contributed by atoms with Crippen LogP contribution in [0.3, 0.4) is 0 Å². The van der Waals surface area contributed by atoms with Crippen molar-refractivity contribution in [3.63, 3.8) is 0 Å². The molecule has 5 nitrogen and oxygen atoms in total. The lowest BCUT2D eigenvalue weighted by atomic mass is 10.1. The summed E-state index contributed by atoms with van der Waals surface area (Å²) in [6.07, 6.45) is -0.535. The first-order valence-electron chi connectivity index (χ1n) is 9.08. The van der Waals surface area contributed by atoms with E-state index in [0.717, 1.165) is 11.1 Å². The molecule has 3 aromatic carbocycles. The van der Waals surface area contributed by atoms with Gasteiger partial charge in [0.15, 0.2) is 0 Å². The third kappa shape index (κ3) is 5.71. The van der Waals surface area contributed by atoms with E-state index in [-0.39, 0.29) is 19.1 Å². The summed E-state index contributed by atoms with van der Waals surface area (Å²) in [6, 6.07) is 27.5. The van der Waals surface area contributed by atoms with Crippen LogP contribution in [0, 0.1) is 0 Å². The van der Waals surface area contributed by atoms with Crippen LogP contribution in [0.5, 0.6) is 0 Å². The number of benzene rings is 3. The summed E-state index contributed by atoms with van der Waals surface area (Å²) in [5.74, 6) is -0.194. The van der Waals surface area contributed by atoms with Gasteiger partial charge in [-0.05, 0) is 23.3 Å². The van der Waals surface area contributed by atoms with E-state index in [0.29, 0.717) is 5.56 Å². The van der Waals surface area contributed by atoms with E-state index in [4.69, 9.17) is 4.74 Å². The van der Waals surface area contributed by atoms with E-state index in [1.165, 1.54) is 0 Å². The zero-order valence-corrected chi connectivity index (χ0v) is 15.4. The van der Waals surface area contributed by atoms with Gasteiger partial charge in [-0.25, -0.2) is 4.79 Å². The van der Waals surface area contributed by atoms with Gasteiger partial charge in [0.1, 0.15) is 6.61 Å². The van der Waals surface area contributed by atoms with Gasteiger partial charge in [-0.3, -0.25) is 4.79 Å². The highest BCUT2D eigenvalue weighted by atomic mass is 16.5. The van der Waals surface area contributed by atoms with Crippen LogP contribution in [0.4, 0.5) is 4.79 Å². The zero-order chi connectivity index (χ0) is 19.6. The molecule has 0 heterocycles. The van der Waals surface area contributed by atoms with Gasteiger partial charge < -0.3 is 15.4 Å². The van der Waals surface area contributed by atoms with Crippen LogP contribution in [0.1, 0.15) is 27.5 Å². The van der Waals surface area contributed by atoms with Crippen molar-refractivity contribution in [3.05, 3.63) is 108 Å². The fourth-order valence-corrected chi connectivity index (χ4v) is 2.73. The van der Waals surface area contributed by atoms with E-state index >= 15 is 0 Å². The number of hydrogen-bond acceptors (Lipinski definition) is 3. The minimum atomic E-state index is -0.535. The molecule has 0 saturated carbocycles. The fraction of sp³-hybridized carbons (Fsp3) is 0.130. The highest BCUT2D eigenvalue weighted by molar-refractivity contribution is 5.94. The zero-order valence-electron chi connectivity index (χ0n) is 15.4. The van der Waals surface area contributed by atoms with Gasteiger partial charge in [0, 0.05) is 12.1 Å². The fourth-order valence-electron chi connectivity index (χ4n) is 2.73. The van der Waals surface area contributed by atoms with Gasteiger partial charge in [0.2, 0.25) is 0 Å². The highest BCUT2D eigenvalue weighted by Crippen LogP contribution is 2.13. The summed E-state index contributed by atoms with van der Waals surface area (Å²) in [7, 11) is 0. The topological polar surface area (TPSA) is 67.4 Å². The Morgan fingerprint density at radius 2 is 1.36 bits per heavy atom. The number of alkyl carbamates (subject to hydrolysis) is 1. The molecular weight excluding hydrogens is 352 g/mol. The van der Waals surface area contributed by atoms with Gasteiger partial charge in [0.25, 0.3) is 5.91 Å². The third-order valence-electron chi connectivity index (χ3n) is 4.21. The van der Waals surface area contributed by atoms with E-state index in [9.17, 15) is 9.59 Å². The molecule has 0 aliphatic heterocycles. The quantitative estimate of drug-likeness (QED) is 0.655. The molecule has 3 aromatic rings. The number of nitrogens with one attached hydrogen (secondary N) is 2. The van der Waals surface area contributed by atoms with Crippen molar-refractivity contribution in [2.75, 3.05) is 6.54 Å². The summed E-state index contributed by atoms with van der Waals surface area (Å²) in [4.78, 5) is 24.6. The maximum Gasteiger partial charge on any atom is 0.408 e. The first-order valence-corrected chi connectivity index (χ1v) is 9.08. The van der Waals surface area contributed by atoms with Crippen LogP contribution in [0.15, 0.2) is 91.0 Å². The Balaban J connectivity index is 1.60. The standard InChI is InChI=1S/C23H22N2O3/c26-22(20-14-8-3-9-15-20)24-16-21(19-12-6-2-7-13-19)25-23(27)28-17-18-10-4-1-5-11-18/h1-15,21H,16-17H2,(H,24,26)(H,25,27). The van der Waals surface area contributed by atoms with Crippen LogP contribution in [-0.4, -0.2) is 18.5 Å². The molecule has 28 heavy (non-hydrogen) atoms. The molecule has 0 aliphatic carbocycles. The number of carbonyl (C=O) groups excluding carboxylic acids is 2. The lowest BCUT2D eigenvalue weighted by molar-refractivity contribution is 0.0945. The summed E-state index contributed by atoms with van der Waals surface area (Å²) in [6.45, 7) is 0.433. The molecule has 0 spiro atoms. The molecule has 5 heteroatoms. The van der Waals surface area contributed by atoms with E-state index in [1.54, 1.807) is 12.1 Å². The Labute approximate surface area is 164 Å². The molecule has 142 valence electrons. The molecule has 0 fully saturated rings. The van der Waals surface area contributed by atoms with Crippen LogP contribution in [-0.2, 0) is 11.3 Å². The Morgan fingerprint density at radius 3 is 2.00 bits per heavy atom. The number of rotatable bonds is 7. The van der Waals surface area contributed by atoms with Crippen molar-refractivity contribution in [1.82, 2.24) is 10.6 Å². The van der Waals surface area contributed by atoms with E-state index in [1.807, 2.05) is 78.9 Å². The molecule has 3 rings (SSSR count). The molecular formula is C23H22N2O3. The van der Waals surface area contributed by atoms with E-state index in [2.05, 4.69) is 10.6 Å². The summed E-state index contributed by atoms with van der Waals surface area (Å²) < 4.78 is 5.31. The van der Waals surface area contributed by atoms with Crippen molar-refractivity contribution >= 4 is 12.0 Å². The van der Waals surface area contributed by atoms with Crippen molar-refractivity contribution in [2.24, 2.45) is 0 Å². The predicted octanol–water partition coefficient (Wildman–Crippen LogP) is 4.08. The lowest BCUT2D eigenvalue weighted by Gasteiger charge is -2.20. The maximum absolute atomic E-state index is 12.3. The first kappa shape index (κ1) is 19.2. The third-order valence-corrected chi connectivity index (χ3v) is 4.21. The molecule has 0 aromatic heterocycles. The Bertz CT molecular complexity index is 883. The minimum absolute atomic E-state index is 0.185. The molecule has 0 saturated heterocycles. The number of amides is 2. The molecule has 0 radical (unpaired) electrons. The van der Waals surface area contributed by atoms with Crippen LogP contribution < -0.4 is 10.6 Å². The second-order valence-electron chi connectivity index (χ2n) is 6.25. The molecule has 1 atom stereocenters. The van der Waals surface area contributed by atoms with Gasteiger partial charge in [-0.2, -0.15) is 0 Å². The number of hydrogen-bond donors (Lipinski definition) is 2. The van der Waals surface area contributed by atoms with Crippen LogP contribution in [0.2, 0.25) is 0 Å². The van der Waals surface area contributed by atoms with Crippen LogP contribution >= 0.6 is 0 Å². The Kier molecular flexibility index (Phi) is 6.79. The monoisotopic (exact) mass is 374 g/mol. The van der Waals surface area contributed by atoms with Crippen molar-refractivity contribution in [3.8, 4) is 0 Å². The SMILES string of the molecule is O=C(NC(CNC(=O)c1ccccc1)c1ccccc1)OCc1ccccc1. The summed E-state index contributed by atoms with van der Waals surface area (Å²) in [5, 5.41) is 5.70. The van der Waals surface area contributed by atoms with Crippen molar-refractivity contribution in [2.45, 2.75) is 12.6 Å². The van der Waals surface area contributed by atoms with Gasteiger partial charge in [-0.15, -0.1) is 0 Å². The predicted molar refractivity (Wildman–Crippen MR) is 108 cm³/mol. The average Bonchev–Trinajstić information content (AvgIpc) is 2.77. The largest absolute Gasteiger partial charge is 0.445 e.